The SMILES string of the molecule is Cc1cc2c(cc1C)SC(C#N)C(C)N2. The van der Waals surface area contributed by atoms with Crippen LogP contribution >= 0.6 is 11.8 Å². The Labute approximate surface area is 94.7 Å². The number of aryl methyl sites for hydroxylation is 2. The predicted molar refractivity (Wildman–Crippen MR) is 64.3 cm³/mol. The number of nitriles is 1. The van der Waals surface area contributed by atoms with E-state index in [1.807, 2.05) is 0 Å². The zero-order chi connectivity index (χ0) is 11.0. The molecule has 1 aliphatic rings. The topological polar surface area (TPSA) is 35.8 Å². The first-order valence-electron chi connectivity index (χ1n) is 5.06. The van der Waals surface area contributed by atoms with Gasteiger partial charge in [0.05, 0.1) is 6.07 Å². The monoisotopic (exact) mass is 218 g/mol. The fourth-order valence-corrected chi connectivity index (χ4v) is 2.79. The molecule has 3 heteroatoms. The van der Waals surface area contributed by atoms with Gasteiger partial charge >= 0.3 is 0 Å². The molecule has 0 saturated heterocycles. The van der Waals surface area contributed by atoms with Crippen LogP contribution in [0.2, 0.25) is 0 Å². The number of rotatable bonds is 0. The average molecular weight is 218 g/mol. The van der Waals surface area contributed by atoms with Crippen LogP contribution in [0.1, 0.15) is 18.1 Å². The summed E-state index contributed by atoms with van der Waals surface area (Å²) >= 11 is 1.66. The molecule has 0 bridgehead atoms. The number of thioether (sulfide) groups is 1. The zero-order valence-corrected chi connectivity index (χ0v) is 9.98. The molecule has 1 aromatic rings. The number of fused-ring (bicyclic) bond motifs is 1. The van der Waals surface area contributed by atoms with Crippen molar-refractivity contribution in [3.8, 4) is 6.07 Å². The molecule has 2 rings (SSSR count). The molecule has 0 amide bonds. The molecule has 2 atom stereocenters. The zero-order valence-electron chi connectivity index (χ0n) is 9.16. The fraction of sp³-hybridized carbons (Fsp3) is 0.417. The summed E-state index contributed by atoms with van der Waals surface area (Å²) in [5.74, 6) is 0. The number of anilines is 1. The van der Waals surface area contributed by atoms with E-state index >= 15 is 0 Å². The van der Waals surface area contributed by atoms with Gasteiger partial charge in [-0.05, 0) is 44.0 Å². The highest BCUT2D eigenvalue weighted by Crippen LogP contribution is 2.38. The Bertz CT molecular complexity index is 434. The molecule has 0 spiro atoms. The lowest BCUT2D eigenvalue weighted by atomic mass is 10.1. The maximum Gasteiger partial charge on any atom is 0.116 e. The van der Waals surface area contributed by atoms with Crippen LogP contribution in [0.15, 0.2) is 17.0 Å². The largest absolute Gasteiger partial charge is 0.379 e. The summed E-state index contributed by atoms with van der Waals surface area (Å²) in [4.78, 5) is 1.20. The normalized spacial score (nSPS) is 23.9. The fourth-order valence-electron chi connectivity index (χ4n) is 1.70. The van der Waals surface area contributed by atoms with Crippen molar-refractivity contribution in [2.75, 3.05) is 5.32 Å². The minimum Gasteiger partial charge on any atom is -0.379 e. The van der Waals surface area contributed by atoms with Crippen molar-refractivity contribution in [1.82, 2.24) is 0 Å². The molecule has 0 saturated carbocycles. The molecule has 0 aliphatic carbocycles. The molecule has 2 nitrogen and oxygen atoms in total. The number of nitrogens with one attached hydrogen (secondary N) is 1. The highest BCUT2D eigenvalue weighted by molar-refractivity contribution is 8.00. The van der Waals surface area contributed by atoms with E-state index < -0.39 is 0 Å². The molecule has 1 heterocycles. The summed E-state index contributed by atoms with van der Waals surface area (Å²) in [5.41, 5.74) is 3.75. The Balaban J connectivity index is 2.42. The number of nitrogens with zero attached hydrogens (tertiary/aromatic N) is 1. The van der Waals surface area contributed by atoms with E-state index in [-0.39, 0.29) is 11.3 Å². The smallest absolute Gasteiger partial charge is 0.116 e. The number of hydrogen-bond donors (Lipinski definition) is 1. The lowest BCUT2D eigenvalue weighted by molar-refractivity contribution is 0.818. The van der Waals surface area contributed by atoms with E-state index in [1.54, 1.807) is 11.8 Å². The summed E-state index contributed by atoms with van der Waals surface area (Å²) in [6, 6.07) is 6.88. The van der Waals surface area contributed by atoms with E-state index in [1.165, 1.54) is 21.7 Å². The Kier molecular flexibility index (Phi) is 2.62. The van der Waals surface area contributed by atoms with Gasteiger partial charge in [0.2, 0.25) is 0 Å². The molecule has 78 valence electrons. The third-order valence-electron chi connectivity index (χ3n) is 2.81. The van der Waals surface area contributed by atoms with E-state index in [4.69, 9.17) is 5.26 Å². The molecule has 1 aliphatic heterocycles. The van der Waals surface area contributed by atoms with E-state index in [0.29, 0.717) is 0 Å². The van der Waals surface area contributed by atoms with Crippen LogP contribution in [0, 0.1) is 25.2 Å². The van der Waals surface area contributed by atoms with Gasteiger partial charge in [-0.25, -0.2) is 0 Å². The number of hydrogen-bond acceptors (Lipinski definition) is 3. The molecule has 1 aromatic carbocycles. The van der Waals surface area contributed by atoms with Crippen molar-refractivity contribution in [3.63, 3.8) is 0 Å². The maximum atomic E-state index is 9.00. The first-order valence-corrected chi connectivity index (χ1v) is 5.94. The number of benzene rings is 1. The Morgan fingerprint density at radius 3 is 2.67 bits per heavy atom. The van der Waals surface area contributed by atoms with Gasteiger partial charge in [-0.15, -0.1) is 11.8 Å². The second-order valence-corrected chi connectivity index (χ2v) is 5.22. The Hall–Kier alpha value is -1.14. The van der Waals surface area contributed by atoms with Crippen LogP contribution in [0.4, 0.5) is 5.69 Å². The van der Waals surface area contributed by atoms with E-state index in [9.17, 15) is 0 Å². The summed E-state index contributed by atoms with van der Waals surface area (Å²) in [5, 5.41) is 12.4. The molecule has 1 N–H and O–H groups in total. The van der Waals surface area contributed by atoms with Crippen molar-refractivity contribution in [1.29, 1.82) is 5.26 Å². The molecule has 0 aromatic heterocycles. The van der Waals surface area contributed by atoms with Crippen LogP contribution < -0.4 is 5.32 Å². The second kappa shape index (κ2) is 3.79. The van der Waals surface area contributed by atoms with Crippen molar-refractivity contribution in [2.45, 2.75) is 37.0 Å². The first kappa shape index (κ1) is 10.4. The summed E-state index contributed by atoms with van der Waals surface area (Å²) < 4.78 is 0. The van der Waals surface area contributed by atoms with Gasteiger partial charge in [0.15, 0.2) is 0 Å². The van der Waals surface area contributed by atoms with Gasteiger partial charge in [-0.3, -0.25) is 0 Å². The predicted octanol–water partition coefficient (Wildman–Crippen LogP) is 3.10. The minimum absolute atomic E-state index is 0.0135. The molecule has 0 fully saturated rings. The summed E-state index contributed by atoms with van der Waals surface area (Å²) in [6.07, 6.45) is 0. The molecule has 2 unspecified atom stereocenters. The van der Waals surface area contributed by atoms with E-state index in [2.05, 4.69) is 44.3 Å². The maximum absolute atomic E-state index is 9.00. The Morgan fingerprint density at radius 2 is 2.00 bits per heavy atom. The molecule has 15 heavy (non-hydrogen) atoms. The molecular formula is C12H14N2S. The Morgan fingerprint density at radius 1 is 1.33 bits per heavy atom. The van der Waals surface area contributed by atoms with Crippen molar-refractivity contribution in [3.05, 3.63) is 23.3 Å². The van der Waals surface area contributed by atoms with Gasteiger partial charge in [-0.2, -0.15) is 5.26 Å². The van der Waals surface area contributed by atoms with Crippen LogP contribution in [0.25, 0.3) is 0 Å². The van der Waals surface area contributed by atoms with Gasteiger partial charge in [0, 0.05) is 16.6 Å². The highest BCUT2D eigenvalue weighted by Gasteiger charge is 2.25. The van der Waals surface area contributed by atoms with Crippen LogP contribution in [-0.2, 0) is 0 Å². The quantitative estimate of drug-likeness (QED) is 0.727. The lowest BCUT2D eigenvalue weighted by Gasteiger charge is -2.28. The lowest BCUT2D eigenvalue weighted by Crippen LogP contribution is -2.30. The highest BCUT2D eigenvalue weighted by atomic mass is 32.2. The first-order chi connectivity index (χ1) is 7.11. The third kappa shape index (κ3) is 1.82. The van der Waals surface area contributed by atoms with Gasteiger partial charge in [-0.1, -0.05) is 0 Å². The van der Waals surface area contributed by atoms with Gasteiger partial charge < -0.3 is 5.32 Å². The molecular weight excluding hydrogens is 204 g/mol. The second-order valence-electron chi connectivity index (χ2n) is 4.03. The van der Waals surface area contributed by atoms with Crippen molar-refractivity contribution < 1.29 is 0 Å². The van der Waals surface area contributed by atoms with Crippen LogP contribution in [0.3, 0.4) is 0 Å². The summed E-state index contributed by atoms with van der Waals surface area (Å²) in [7, 11) is 0. The van der Waals surface area contributed by atoms with E-state index in [0.717, 1.165) is 0 Å². The van der Waals surface area contributed by atoms with Gasteiger partial charge in [0.1, 0.15) is 5.25 Å². The molecule has 0 radical (unpaired) electrons. The van der Waals surface area contributed by atoms with Crippen molar-refractivity contribution in [2.24, 2.45) is 0 Å². The van der Waals surface area contributed by atoms with Crippen LogP contribution in [0.5, 0.6) is 0 Å². The van der Waals surface area contributed by atoms with Crippen molar-refractivity contribution >= 4 is 17.4 Å². The minimum atomic E-state index is 0.0135. The standard InChI is InChI=1S/C12H14N2S/c1-7-4-10-11(5-8(7)2)15-12(6-13)9(3)14-10/h4-5,9,12,14H,1-3H3. The van der Waals surface area contributed by atoms with Crippen LogP contribution in [-0.4, -0.2) is 11.3 Å². The van der Waals surface area contributed by atoms with Gasteiger partial charge in [0.25, 0.3) is 0 Å². The summed E-state index contributed by atoms with van der Waals surface area (Å²) in [6.45, 7) is 6.28. The average Bonchev–Trinajstić information content (AvgIpc) is 2.20. The third-order valence-corrected chi connectivity index (χ3v) is 4.17.